The van der Waals surface area contributed by atoms with Crippen molar-refractivity contribution in [1.29, 1.82) is 0 Å². The molecule has 0 fully saturated rings. The Labute approximate surface area is 203 Å². The number of anilines is 1. The number of carbonyl (C=O) groups excluding carboxylic acids is 2. The van der Waals surface area contributed by atoms with Crippen molar-refractivity contribution in [1.82, 2.24) is 5.32 Å². The Kier molecular flexibility index (Phi) is 7.21. The fourth-order valence-corrected chi connectivity index (χ4v) is 4.48. The molecule has 0 bridgehead atoms. The number of hydrogen-bond acceptors (Lipinski definition) is 7. The first kappa shape index (κ1) is 24.1. The van der Waals surface area contributed by atoms with Gasteiger partial charge in [0.2, 0.25) is 0 Å². The molecule has 1 heterocycles. The smallest absolute Gasteiger partial charge is 0.338 e. The van der Waals surface area contributed by atoms with Gasteiger partial charge in [-0.15, -0.1) is 0 Å². The van der Waals surface area contributed by atoms with Crippen LogP contribution in [0.4, 0.5) is 5.69 Å². The lowest BCUT2D eigenvalue weighted by molar-refractivity contribution is -0.124. The Morgan fingerprint density at radius 1 is 0.943 bits per heavy atom. The molecule has 3 aromatic carbocycles. The van der Waals surface area contributed by atoms with Crippen LogP contribution in [0.3, 0.4) is 0 Å². The van der Waals surface area contributed by atoms with Crippen LogP contribution in [0.2, 0.25) is 0 Å². The summed E-state index contributed by atoms with van der Waals surface area (Å²) >= 11 is 0. The molecule has 2 N–H and O–H groups in total. The summed E-state index contributed by atoms with van der Waals surface area (Å²) < 4.78 is 43.8. The van der Waals surface area contributed by atoms with Gasteiger partial charge in [0.1, 0.15) is 13.2 Å². The zero-order chi connectivity index (χ0) is 24.8. The summed E-state index contributed by atoms with van der Waals surface area (Å²) in [6.07, 6.45) is 0. The number of rotatable bonds is 8. The number of carbonyl (C=O) groups is 2. The highest BCUT2D eigenvalue weighted by Gasteiger charge is 2.20. The van der Waals surface area contributed by atoms with E-state index in [1.165, 1.54) is 36.4 Å². The highest BCUT2D eigenvalue weighted by atomic mass is 32.2. The van der Waals surface area contributed by atoms with Gasteiger partial charge >= 0.3 is 5.97 Å². The molecule has 1 aliphatic heterocycles. The van der Waals surface area contributed by atoms with Crippen LogP contribution in [-0.4, -0.2) is 40.1 Å². The molecule has 0 aliphatic carbocycles. The number of hydrogen-bond donors (Lipinski definition) is 2. The number of amides is 1. The maximum atomic E-state index is 12.7. The molecule has 182 valence electrons. The van der Waals surface area contributed by atoms with E-state index in [1.807, 2.05) is 37.3 Å². The number of benzene rings is 3. The summed E-state index contributed by atoms with van der Waals surface area (Å²) in [5, 5.41) is 2.76. The average molecular weight is 497 g/mol. The Morgan fingerprint density at radius 2 is 1.63 bits per heavy atom. The van der Waals surface area contributed by atoms with Gasteiger partial charge in [0.05, 0.1) is 16.5 Å². The second kappa shape index (κ2) is 10.5. The van der Waals surface area contributed by atoms with E-state index < -0.39 is 28.5 Å². The van der Waals surface area contributed by atoms with Crippen molar-refractivity contribution in [2.75, 3.05) is 24.5 Å². The Hall–Kier alpha value is -4.05. The molecule has 0 aromatic heterocycles. The van der Waals surface area contributed by atoms with E-state index >= 15 is 0 Å². The molecular formula is C25H24N2O7S. The van der Waals surface area contributed by atoms with Crippen molar-refractivity contribution in [3.05, 3.63) is 83.9 Å². The summed E-state index contributed by atoms with van der Waals surface area (Å²) in [5.74, 6) is -0.284. The SMILES string of the molecule is CC(NC(=O)COC(=O)c1ccc(NS(=O)(=O)c2ccc3c(c2)OCCO3)cc1)c1ccccc1. The maximum Gasteiger partial charge on any atom is 0.338 e. The van der Waals surface area contributed by atoms with Crippen molar-refractivity contribution in [2.45, 2.75) is 17.9 Å². The largest absolute Gasteiger partial charge is 0.486 e. The predicted molar refractivity (Wildman–Crippen MR) is 128 cm³/mol. The van der Waals surface area contributed by atoms with Gasteiger partial charge in [-0.1, -0.05) is 30.3 Å². The van der Waals surface area contributed by atoms with E-state index in [2.05, 4.69) is 10.0 Å². The lowest BCUT2D eigenvalue weighted by Gasteiger charge is -2.19. The second-order valence-corrected chi connectivity index (χ2v) is 9.45. The predicted octanol–water partition coefficient (Wildman–Crippen LogP) is 3.29. The molecule has 10 heteroatoms. The first-order valence-electron chi connectivity index (χ1n) is 10.9. The van der Waals surface area contributed by atoms with Crippen molar-refractivity contribution in [3.8, 4) is 11.5 Å². The number of esters is 1. The number of fused-ring (bicyclic) bond motifs is 1. The van der Waals surface area contributed by atoms with Crippen LogP contribution in [0.25, 0.3) is 0 Å². The summed E-state index contributed by atoms with van der Waals surface area (Å²) in [5.41, 5.74) is 1.36. The quantitative estimate of drug-likeness (QED) is 0.459. The summed E-state index contributed by atoms with van der Waals surface area (Å²) in [4.78, 5) is 24.4. The topological polar surface area (TPSA) is 120 Å². The molecule has 1 amide bonds. The van der Waals surface area contributed by atoms with E-state index in [0.29, 0.717) is 24.7 Å². The van der Waals surface area contributed by atoms with Crippen molar-refractivity contribution < 1.29 is 32.2 Å². The minimum absolute atomic E-state index is 0.0148. The van der Waals surface area contributed by atoms with Gasteiger partial charge in [-0.3, -0.25) is 9.52 Å². The van der Waals surface area contributed by atoms with Crippen LogP contribution in [0.5, 0.6) is 11.5 Å². The van der Waals surface area contributed by atoms with Gasteiger partial charge in [-0.2, -0.15) is 0 Å². The zero-order valence-electron chi connectivity index (χ0n) is 18.9. The molecule has 1 atom stereocenters. The fourth-order valence-electron chi connectivity index (χ4n) is 3.40. The summed E-state index contributed by atoms with van der Waals surface area (Å²) in [7, 11) is -3.89. The van der Waals surface area contributed by atoms with Gasteiger partial charge in [0, 0.05) is 11.8 Å². The van der Waals surface area contributed by atoms with Crippen LogP contribution in [-0.2, 0) is 19.6 Å². The fraction of sp³-hybridized carbons (Fsp3) is 0.200. The van der Waals surface area contributed by atoms with Crippen LogP contribution in [0, 0.1) is 0 Å². The minimum atomic E-state index is -3.89. The molecule has 0 saturated heterocycles. The van der Waals surface area contributed by atoms with Gasteiger partial charge in [0.25, 0.3) is 15.9 Å². The number of ether oxygens (including phenoxy) is 3. The third-order valence-electron chi connectivity index (χ3n) is 5.21. The summed E-state index contributed by atoms with van der Waals surface area (Å²) in [6, 6.07) is 19.2. The third-order valence-corrected chi connectivity index (χ3v) is 6.59. The number of nitrogens with one attached hydrogen (secondary N) is 2. The maximum absolute atomic E-state index is 12.7. The van der Waals surface area contributed by atoms with Gasteiger partial charge in [-0.05, 0) is 48.9 Å². The van der Waals surface area contributed by atoms with Crippen LogP contribution < -0.4 is 19.5 Å². The van der Waals surface area contributed by atoms with E-state index in [9.17, 15) is 18.0 Å². The first-order valence-corrected chi connectivity index (χ1v) is 12.3. The number of sulfonamides is 1. The molecule has 9 nitrogen and oxygen atoms in total. The molecular weight excluding hydrogens is 472 g/mol. The third kappa shape index (κ3) is 6.10. The highest BCUT2D eigenvalue weighted by molar-refractivity contribution is 7.92. The monoisotopic (exact) mass is 496 g/mol. The second-order valence-electron chi connectivity index (χ2n) is 7.76. The molecule has 1 aliphatic rings. The standard InChI is InChI=1S/C25H24N2O7S/c1-17(18-5-3-2-4-6-18)26-24(28)16-34-25(29)19-7-9-20(10-8-19)27-35(30,31)21-11-12-22-23(15-21)33-14-13-32-22/h2-12,15,17,27H,13-14,16H2,1H3,(H,26,28). The zero-order valence-corrected chi connectivity index (χ0v) is 19.7. The van der Waals surface area contributed by atoms with Crippen LogP contribution >= 0.6 is 0 Å². The molecule has 3 aromatic rings. The van der Waals surface area contributed by atoms with Crippen LogP contribution in [0.15, 0.2) is 77.7 Å². The molecule has 0 spiro atoms. The highest BCUT2D eigenvalue weighted by Crippen LogP contribution is 2.32. The van der Waals surface area contributed by atoms with E-state index in [0.717, 1.165) is 5.56 Å². The van der Waals surface area contributed by atoms with Gasteiger partial charge in [0.15, 0.2) is 18.1 Å². The van der Waals surface area contributed by atoms with Gasteiger partial charge in [-0.25, -0.2) is 13.2 Å². The van der Waals surface area contributed by atoms with Crippen molar-refractivity contribution in [3.63, 3.8) is 0 Å². The van der Waals surface area contributed by atoms with Crippen molar-refractivity contribution in [2.24, 2.45) is 0 Å². The normalized spacial score (nSPS) is 13.4. The lowest BCUT2D eigenvalue weighted by atomic mass is 10.1. The van der Waals surface area contributed by atoms with E-state index in [-0.39, 0.29) is 22.2 Å². The lowest BCUT2D eigenvalue weighted by Crippen LogP contribution is -2.31. The average Bonchev–Trinajstić information content (AvgIpc) is 2.87. The summed E-state index contributed by atoms with van der Waals surface area (Å²) in [6.45, 7) is 2.15. The molecule has 0 radical (unpaired) electrons. The van der Waals surface area contributed by atoms with Crippen LogP contribution in [0.1, 0.15) is 28.9 Å². The van der Waals surface area contributed by atoms with E-state index in [1.54, 1.807) is 6.07 Å². The van der Waals surface area contributed by atoms with Gasteiger partial charge < -0.3 is 19.5 Å². The minimum Gasteiger partial charge on any atom is -0.486 e. The molecule has 35 heavy (non-hydrogen) atoms. The van der Waals surface area contributed by atoms with E-state index in [4.69, 9.17) is 14.2 Å². The first-order chi connectivity index (χ1) is 16.8. The molecule has 4 rings (SSSR count). The Balaban J connectivity index is 1.32. The van der Waals surface area contributed by atoms with Crippen molar-refractivity contribution >= 4 is 27.6 Å². The Morgan fingerprint density at radius 3 is 2.34 bits per heavy atom. The molecule has 1 unspecified atom stereocenters. The Bertz CT molecular complexity index is 1310. The molecule has 0 saturated carbocycles.